The summed E-state index contributed by atoms with van der Waals surface area (Å²) in [7, 11) is 0. The van der Waals surface area contributed by atoms with E-state index in [-0.39, 0.29) is 24.0 Å². The molecule has 10 heteroatoms. The second kappa shape index (κ2) is 10.9. The number of nitrogens with one attached hydrogen (secondary N) is 2. The van der Waals surface area contributed by atoms with Gasteiger partial charge in [0.1, 0.15) is 5.82 Å². The Kier molecular flexibility index (Phi) is 7.72. The highest BCUT2D eigenvalue weighted by molar-refractivity contribution is 7.99. The van der Waals surface area contributed by atoms with Gasteiger partial charge in [-0.05, 0) is 48.0 Å². The highest BCUT2D eigenvalue weighted by Gasteiger charge is 2.16. The fraction of sp³-hybridized carbons (Fsp3) is 0.167. The van der Waals surface area contributed by atoms with E-state index in [9.17, 15) is 9.59 Å². The molecule has 0 radical (unpaired) electrons. The van der Waals surface area contributed by atoms with Crippen LogP contribution in [0.5, 0.6) is 0 Å². The number of carbonyl (C=O) groups is 2. The van der Waals surface area contributed by atoms with Crippen molar-refractivity contribution in [1.82, 2.24) is 14.8 Å². The minimum Gasteiger partial charge on any atom is -0.326 e. The average Bonchev–Trinajstić information content (AvgIpc) is 3.21. The monoisotopic (exact) mass is 513 g/mol. The summed E-state index contributed by atoms with van der Waals surface area (Å²) in [6.07, 6.45) is 0.0327. The minimum absolute atomic E-state index is 0.0327. The van der Waals surface area contributed by atoms with Crippen LogP contribution >= 0.6 is 35.0 Å². The third-order valence-electron chi connectivity index (χ3n) is 5.00. The van der Waals surface area contributed by atoms with Crippen molar-refractivity contribution in [2.45, 2.75) is 25.0 Å². The standard InChI is InChI=1S/C24H21Cl2N5O2S/c1-2-31-21(13-22(32)27-18-9-10-19(25)20(26)12-18)29-30-24(31)34-14-23(33)28-17-8-7-15-5-3-4-6-16(15)11-17/h3-12H,2,13-14H2,1H3,(H,27,32)(H,28,33). The number of rotatable bonds is 8. The topological polar surface area (TPSA) is 88.9 Å². The first-order chi connectivity index (χ1) is 16.4. The van der Waals surface area contributed by atoms with E-state index in [0.717, 1.165) is 16.5 Å². The molecule has 4 rings (SSSR count). The first-order valence-electron chi connectivity index (χ1n) is 10.5. The quantitative estimate of drug-likeness (QED) is 0.296. The molecule has 0 unspecified atom stereocenters. The molecule has 3 aromatic carbocycles. The van der Waals surface area contributed by atoms with Crippen LogP contribution in [0.25, 0.3) is 10.8 Å². The third-order valence-corrected chi connectivity index (χ3v) is 6.70. The lowest BCUT2D eigenvalue weighted by Gasteiger charge is -2.09. The summed E-state index contributed by atoms with van der Waals surface area (Å²) in [5.41, 5.74) is 1.28. The fourth-order valence-electron chi connectivity index (χ4n) is 3.39. The molecule has 1 aromatic heterocycles. The van der Waals surface area contributed by atoms with E-state index in [1.807, 2.05) is 54.0 Å². The summed E-state index contributed by atoms with van der Waals surface area (Å²) < 4.78 is 1.82. The van der Waals surface area contributed by atoms with Crippen LogP contribution in [0.2, 0.25) is 10.0 Å². The molecule has 0 aliphatic carbocycles. The van der Waals surface area contributed by atoms with Crippen molar-refractivity contribution in [3.63, 3.8) is 0 Å². The third kappa shape index (κ3) is 5.88. The normalized spacial score (nSPS) is 10.9. The summed E-state index contributed by atoms with van der Waals surface area (Å²) in [6, 6.07) is 18.6. The Morgan fingerprint density at radius 3 is 2.35 bits per heavy atom. The number of hydrogen-bond donors (Lipinski definition) is 2. The number of aromatic nitrogens is 3. The second-order valence-electron chi connectivity index (χ2n) is 7.40. The van der Waals surface area contributed by atoms with Gasteiger partial charge in [0.25, 0.3) is 0 Å². The van der Waals surface area contributed by atoms with Crippen molar-refractivity contribution < 1.29 is 9.59 Å². The molecule has 0 bridgehead atoms. The van der Waals surface area contributed by atoms with E-state index >= 15 is 0 Å². The number of amides is 2. The van der Waals surface area contributed by atoms with E-state index in [0.29, 0.717) is 33.3 Å². The van der Waals surface area contributed by atoms with Crippen LogP contribution in [-0.2, 0) is 22.6 Å². The van der Waals surface area contributed by atoms with Gasteiger partial charge in [-0.15, -0.1) is 10.2 Å². The van der Waals surface area contributed by atoms with Crippen molar-refractivity contribution >= 4 is 68.9 Å². The minimum atomic E-state index is -0.258. The Bertz CT molecular complexity index is 1360. The largest absolute Gasteiger partial charge is 0.326 e. The predicted molar refractivity (Wildman–Crippen MR) is 138 cm³/mol. The zero-order valence-corrected chi connectivity index (χ0v) is 20.5. The Morgan fingerprint density at radius 1 is 0.882 bits per heavy atom. The van der Waals surface area contributed by atoms with Gasteiger partial charge in [0.05, 0.1) is 22.2 Å². The Balaban J connectivity index is 1.35. The molecule has 7 nitrogen and oxygen atoms in total. The van der Waals surface area contributed by atoms with Crippen molar-refractivity contribution in [3.8, 4) is 0 Å². The number of thioether (sulfide) groups is 1. The molecule has 0 saturated carbocycles. The van der Waals surface area contributed by atoms with Gasteiger partial charge < -0.3 is 15.2 Å². The average molecular weight is 514 g/mol. The molecule has 34 heavy (non-hydrogen) atoms. The van der Waals surface area contributed by atoms with Crippen molar-refractivity contribution in [2.75, 3.05) is 16.4 Å². The zero-order chi connectivity index (χ0) is 24.1. The van der Waals surface area contributed by atoms with Gasteiger partial charge in [-0.1, -0.05) is 65.3 Å². The lowest BCUT2D eigenvalue weighted by Crippen LogP contribution is -2.18. The molecular formula is C24H21Cl2N5O2S. The first-order valence-corrected chi connectivity index (χ1v) is 12.3. The summed E-state index contributed by atoms with van der Waals surface area (Å²) >= 11 is 13.2. The lowest BCUT2D eigenvalue weighted by atomic mass is 10.1. The Labute approximate surface area is 210 Å². The van der Waals surface area contributed by atoms with Gasteiger partial charge >= 0.3 is 0 Å². The van der Waals surface area contributed by atoms with E-state index < -0.39 is 0 Å². The van der Waals surface area contributed by atoms with Gasteiger partial charge in [-0.2, -0.15) is 0 Å². The van der Waals surface area contributed by atoms with Crippen LogP contribution in [0.3, 0.4) is 0 Å². The number of benzene rings is 3. The summed E-state index contributed by atoms with van der Waals surface area (Å²) in [5, 5.41) is 17.5. The molecule has 4 aromatic rings. The number of anilines is 2. The summed E-state index contributed by atoms with van der Waals surface area (Å²) in [4.78, 5) is 25.0. The lowest BCUT2D eigenvalue weighted by molar-refractivity contribution is -0.116. The molecule has 174 valence electrons. The van der Waals surface area contributed by atoms with Crippen LogP contribution in [-0.4, -0.2) is 32.3 Å². The van der Waals surface area contributed by atoms with Crippen LogP contribution in [0.15, 0.2) is 65.8 Å². The summed E-state index contributed by atoms with van der Waals surface area (Å²) in [5.74, 6) is 0.272. The SMILES string of the molecule is CCn1c(CC(=O)Nc2ccc(Cl)c(Cl)c2)nnc1SCC(=O)Nc1ccc2ccccc2c1. The van der Waals surface area contributed by atoms with E-state index in [1.54, 1.807) is 18.2 Å². The number of hydrogen-bond acceptors (Lipinski definition) is 5. The zero-order valence-electron chi connectivity index (χ0n) is 18.2. The molecule has 0 saturated heterocycles. The van der Waals surface area contributed by atoms with Crippen molar-refractivity contribution in [1.29, 1.82) is 0 Å². The molecule has 0 aliphatic rings. The van der Waals surface area contributed by atoms with Crippen LogP contribution < -0.4 is 10.6 Å². The molecule has 2 amide bonds. The Morgan fingerprint density at radius 2 is 1.59 bits per heavy atom. The van der Waals surface area contributed by atoms with E-state index in [1.165, 1.54) is 11.8 Å². The van der Waals surface area contributed by atoms with Gasteiger partial charge in [-0.25, -0.2) is 0 Å². The van der Waals surface area contributed by atoms with Crippen LogP contribution in [0, 0.1) is 0 Å². The molecule has 0 fully saturated rings. The van der Waals surface area contributed by atoms with Gasteiger partial charge in [0.15, 0.2) is 5.16 Å². The number of nitrogens with zero attached hydrogens (tertiary/aromatic N) is 3. The van der Waals surface area contributed by atoms with Gasteiger partial charge in [0.2, 0.25) is 11.8 Å². The molecular weight excluding hydrogens is 493 g/mol. The number of halogens is 2. The molecule has 0 atom stereocenters. The molecule has 0 aliphatic heterocycles. The van der Waals surface area contributed by atoms with Crippen molar-refractivity contribution in [2.24, 2.45) is 0 Å². The maximum absolute atomic E-state index is 12.5. The molecule has 0 spiro atoms. The van der Waals surface area contributed by atoms with Gasteiger partial charge in [-0.3, -0.25) is 9.59 Å². The highest BCUT2D eigenvalue weighted by atomic mass is 35.5. The van der Waals surface area contributed by atoms with E-state index in [4.69, 9.17) is 23.2 Å². The maximum atomic E-state index is 12.5. The fourth-order valence-corrected chi connectivity index (χ4v) is 4.51. The maximum Gasteiger partial charge on any atom is 0.234 e. The number of fused-ring (bicyclic) bond motifs is 1. The van der Waals surface area contributed by atoms with Crippen LogP contribution in [0.4, 0.5) is 11.4 Å². The first kappa shape index (κ1) is 24.1. The predicted octanol–water partition coefficient (Wildman–Crippen LogP) is 5.67. The van der Waals surface area contributed by atoms with Crippen LogP contribution in [0.1, 0.15) is 12.7 Å². The summed E-state index contributed by atoms with van der Waals surface area (Å²) in [6.45, 7) is 2.50. The molecule has 2 N–H and O–H groups in total. The Hall–Kier alpha value is -3.07. The molecule has 1 heterocycles. The van der Waals surface area contributed by atoms with Gasteiger partial charge in [0, 0.05) is 17.9 Å². The van der Waals surface area contributed by atoms with Crippen molar-refractivity contribution in [3.05, 3.63) is 76.5 Å². The smallest absolute Gasteiger partial charge is 0.234 e. The second-order valence-corrected chi connectivity index (χ2v) is 9.15. The number of carbonyl (C=O) groups excluding carboxylic acids is 2. The highest BCUT2D eigenvalue weighted by Crippen LogP contribution is 2.25. The van der Waals surface area contributed by atoms with E-state index in [2.05, 4.69) is 20.8 Å².